The summed E-state index contributed by atoms with van der Waals surface area (Å²) in [7, 11) is 0. The Hall–Kier alpha value is -1.92. The molecule has 0 aromatic heterocycles. The predicted molar refractivity (Wildman–Crippen MR) is 66.8 cm³/mol. The lowest BCUT2D eigenvalue weighted by molar-refractivity contribution is -0.138. The number of imide groups is 1. The molecule has 1 aliphatic rings. The zero-order valence-corrected chi connectivity index (χ0v) is 10.6. The highest BCUT2D eigenvalue weighted by molar-refractivity contribution is 6.17. The van der Waals surface area contributed by atoms with E-state index in [-0.39, 0.29) is 19.8 Å². The molecule has 1 heterocycles. The molecule has 0 aliphatic carbocycles. The van der Waals surface area contributed by atoms with Gasteiger partial charge >= 0.3 is 0 Å². The van der Waals surface area contributed by atoms with Gasteiger partial charge in [-0.2, -0.15) is 0 Å². The number of benzene rings is 1. The first-order valence-corrected chi connectivity index (χ1v) is 5.97. The lowest BCUT2D eigenvalue weighted by atomic mass is 10.1. The number of ether oxygens (including phenoxy) is 2. The summed E-state index contributed by atoms with van der Waals surface area (Å²) in [6.45, 7) is 1.85. The Kier molecular flexibility index (Phi) is 4.13. The fourth-order valence-electron chi connectivity index (χ4n) is 1.91. The van der Waals surface area contributed by atoms with Crippen LogP contribution in [-0.4, -0.2) is 36.7 Å². The van der Waals surface area contributed by atoms with Crippen LogP contribution in [0, 0.1) is 0 Å². The van der Waals surface area contributed by atoms with Gasteiger partial charge in [-0.25, -0.2) is 4.90 Å². The number of hydrogen-bond donors (Lipinski definition) is 1. The molecule has 0 spiro atoms. The summed E-state index contributed by atoms with van der Waals surface area (Å²) in [5.74, 6) is -0.282. The van der Waals surface area contributed by atoms with Crippen molar-refractivity contribution in [2.24, 2.45) is 0 Å². The number of aliphatic hydroxyl groups excluding tert-OH is 1. The highest BCUT2D eigenvalue weighted by atomic mass is 16.5. The van der Waals surface area contributed by atoms with E-state index in [1.807, 2.05) is 6.92 Å². The van der Waals surface area contributed by atoms with Gasteiger partial charge in [0, 0.05) is 5.56 Å². The number of morpholine rings is 1. The molecular weight excluding hydrogens is 250 g/mol. The van der Waals surface area contributed by atoms with Gasteiger partial charge in [0.15, 0.2) is 0 Å². The SMILES string of the molecule is CCOc1ccc(N2C(=O)COCC2=O)cc1CO. The van der Waals surface area contributed by atoms with E-state index in [1.54, 1.807) is 18.2 Å². The molecule has 2 amide bonds. The van der Waals surface area contributed by atoms with Crippen LogP contribution in [0.1, 0.15) is 12.5 Å². The molecule has 1 aliphatic heterocycles. The third-order valence-electron chi connectivity index (χ3n) is 2.72. The standard InChI is InChI=1S/C13H15NO5/c1-2-19-11-4-3-10(5-9(11)6-15)14-12(16)7-18-8-13(14)17/h3-5,15H,2,6-8H2,1H3. The monoisotopic (exact) mass is 265 g/mol. The first kappa shape index (κ1) is 13.5. The zero-order valence-electron chi connectivity index (χ0n) is 10.6. The third kappa shape index (κ3) is 2.74. The first-order chi connectivity index (χ1) is 9.17. The number of amides is 2. The molecule has 0 radical (unpaired) electrons. The Labute approximate surface area is 110 Å². The van der Waals surface area contributed by atoms with E-state index >= 15 is 0 Å². The van der Waals surface area contributed by atoms with Gasteiger partial charge in [0.1, 0.15) is 19.0 Å². The van der Waals surface area contributed by atoms with E-state index < -0.39 is 11.8 Å². The Bertz CT molecular complexity index is 484. The summed E-state index contributed by atoms with van der Waals surface area (Å²) >= 11 is 0. The maximum Gasteiger partial charge on any atom is 0.259 e. The van der Waals surface area contributed by atoms with Crippen LogP contribution in [0.3, 0.4) is 0 Å². The second-order valence-corrected chi connectivity index (χ2v) is 4.00. The summed E-state index contributed by atoms with van der Waals surface area (Å²) in [5, 5.41) is 9.31. The molecule has 19 heavy (non-hydrogen) atoms. The maximum absolute atomic E-state index is 11.7. The van der Waals surface area contributed by atoms with Crippen LogP contribution in [0.4, 0.5) is 5.69 Å². The highest BCUT2D eigenvalue weighted by Gasteiger charge is 2.28. The van der Waals surface area contributed by atoms with E-state index in [1.165, 1.54) is 0 Å². The Morgan fingerprint density at radius 3 is 2.58 bits per heavy atom. The summed E-state index contributed by atoms with van der Waals surface area (Å²) in [6, 6.07) is 4.83. The summed E-state index contributed by atoms with van der Waals surface area (Å²) < 4.78 is 10.2. The number of carbonyl (C=O) groups is 2. The molecule has 0 atom stereocenters. The molecule has 102 valence electrons. The molecule has 0 bridgehead atoms. The molecule has 6 heteroatoms. The van der Waals surface area contributed by atoms with E-state index in [2.05, 4.69) is 0 Å². The molecule has 1 N–H and O–H groups in total. The van der Waals surface area contributed by atoms with Crippen molar-refractivity contribution in [3.05, 3.63) is 23.8 Å². The fourth-order valence-corrected chi connectivity index (χ4v) is 1.91. The van der Waals surface area contributed by atoms with Crippen molar-refractivity contribution in [2.75, 3.05) is 24.7 Å². The maximum atomic E-state index is 11.7. The highest BCUT2D eigenvalue weighted by Crippen LogP contribution is 2.26. The fraction of sp³-hybridized carbons (Fsp3) is 0.385. The zero-order chi connectivity index (χ0) is 13.8. The summed E-state index contributed by atoms with van der Waals surface area (Å²) in [5.41, 5.74) is 0.956. The largest absolute Gasteiger partial charge is 0.494 e. The van der Waals surface area contributed by atoms with E-state index in [9.17, 15) is 14.7 Å². The third-order valence-corrected chi connectivity index (χ3v) is 2.72. The van der Waals surface area contributed by atoms with Gasteiger partial charge in [-0.15, -0.1) is 0 Å². The van der Waals surface area contributed by atoms with Crippen molar-refractivity contribution >= 4 is 17.5 Å². The van der Waals surface area contributed by atoms with Gasteiger partial charge in [-0.3, -0.25) is 9.59 Å². The minimum Gasteiger partial charge on any atom is -0.494 e. The van der Waals surface area contributed by atoms with Crippen molar-refractivity contribution < 1.29 is 24.2 Å². The molecule has 2 rings (SSSR count). The van der Waals surface area contributed by atoms with Gasteiger partial charge < -0.3 is 14.6 Å². The number of nitrogens with zero attached hydrogens (tertiary/aromatic N) is 1. The van der Waals surface area contributed by atoms with Crippen molar-refractivity contribution in [1.82, 2.24) is 0 Å². The smallest absolute Gasteiger partial charge is 0.259 e. The van der Waals surface area contributed by atoms with Crippen LogP contribution in [-0.2, 0) is 20.9 Å². The summed E-state index contributed by atoms with van der Waals surface area (Å²) in [4.78, 5) is 24.5. The lowest BCUT2D eigenvalue weighted by Gasteiger charge is -2.25. The molecule has 1 aromatic rings. The minimum absolute atomic E-state index is 0.118. The average molecular weight is 265 g/mol. The number of carbonyl (C=O) groups excluding carboxylic acids is 2. The van der Waals surface area contributed by atoms with Gasteiger partial charge in [0.25, 0.3) is 11.8 Å². The molecule has 1 aromatic carbocycles. The number of rotatable bonds is 4. The number of hydrogen-bond acceptors (Lipinski definition) is 5. The molecule has 1 saturated heterocycles. The molecule has 0 saturated carbocycles. The van der Waals surface area contributed by atoms with Crippen molar-refractivity contribution in [1.29, 1.82) is 0 Å². The average Bonchev–Trinajstić information content (AvgIpc) is 2.40. The van der Waals surface area contributed by atoms with Crippen molar-refractivity contribution in [2.45, 2.75) is 13.5 Å². The molecule has 6 nitrogen and oxygen atoms in total. The summed E-state index contributed by atoms with van der Waals surface area (Å²) in [6.07, 6.45) is 0. The van der Waals surface area contributed by atoms with E-state index in [4.69, 9.17) is 9.47 Å². The lowest BCUT2D eigenvalue weighted by Crippen LogP contribution is -2.46. The second kappa shape index (κ2) is 5.81. The number of anilines is 1. The number of aliphatic hydroxyl groups is 1. The van der Waals surface area contributed by atoms with E-state index in [0.717, 1.165) is 4.90 Å². The van der Waals surface area contributed by atoms with Gasteiger partial charge in [-0.1, -0.05) is 0 Å². The van der Waals surface area contributed by atoms with Crippen LogP contribution >= 0.6 is 0 Å². The topological polar surface area (TPSA) is 76.1 Å². The van der Waals surface area contributed by atoms with Crippen molar-refractivity contribution in [3.8, 4) is 5.75 Å². The van der Waals surface area contributed by atoms with Gasteiger partial charge in [0.05, 0.1) is 18.9 Å². The Morgan fingerprint density at radius 1 is 1.32 bits per heavy atom. The van der Waals surface area contributed by atoms with Crippen LogP contribution < -0.4 is 9.64 Å². The Balaban J connectivity index is 2.34. The first-order valence-electron chi connectivity index (χ1n) is 5.97. The Morgan fingerprint density at radius 2 is 2.00 bits per heavy atom. The molecule has 1 fully saturated rings. The van der Waals surface area contributed by atoms with Crippen LogP contribution in [0.5, 0.6) is 5.75 Å². The quantitative estimate of drug-likeness (QED) is 0.801. The normalized spacial score (nSPS) is 15.8. The van der Waals surface area contributed by atoms with Crippen molar-refractivity contribution in [3.63, 3.8) is 0 Å². The van der Waals surface area contributed by atoms with Gasteiger partial charge in [-0.05, 0) is 25.1 Å². The van der Waals surface area contributed by atoms with Crippen LogP contribution in [0.2, 0.25) is 0 Å². The minimum atomic E-state index is -0.413. The molecule has 0 unspecified atom stereocenters. The predicted octanol–water partition coefficient (Wildman–Crippen LogP) is 0.467. The van der Waals surface area contributed by atoms with Crippen LogP contribution in [0.25, 0.3) is 0 Å². The van der Waals surface area contributed by atoms with Gasteiger partial charge in [0.2, 0.25) is 0 Å². The van der Waals surface area contributed by atoms with Crippen LogP contribution in [0.15, 0.2) is 18.2 Å². The molecular formula is C13H15NO5. The second-order valence-electron chi connectivity index (χ2n) is 4.00. The van der Waals surface area contributed by atoms with E-state index in [0.29, 0.717) is 23.6 Å².